The quantitative estimate of drug-likeness (QED) is 0.541. The highest BCUT2D eigenvalue weighted by Crippen LogP contribution is 2.24. The van der Waals surface area contributed by atoms with Crippen molar-refractivity contribution in [3.63, 3.8) is 0 Å². The first-order valence-electron chi connectivity index (χ1n) is 6.27. The van der Waals surface area contributed by atoms with Gasteiger partial charge in [-0.3, -0.25) is 4.79 Å². The Kier molecular flexibility index (Phi) is 4.07. The molecule has 0 fully saturated rings. The van der Waals surface area contributed by atoms with Gasteiger partial charge in [-0.15, -0.1) is 0 Å². The lowest BCUT2D eigenvalue weighted by atomic mass is 10.1. The lowest BCUT2D eigenvalue weighted by Crippen LogP contribution is -2.10. The molecule has 0 atom stereocenters. The van der Waals surface area contributed by atoms with Crippen molar-refractivity contribution in [3.8, 4) is 0 Å². The summed E-state index contributed by atoms with van der Waals surface area (Å²) in [7, 11) is 0. The fraction of sp³-hybridized carbons (Fsp3) is 0.0625. The van der Waals surface area contributed by atoms with Crippen LogP contribution in [0.5, 0.6) is 0 Å². The van der Waals surface area contributed by atoms with Gasteiger partial charge in [0.05, 0.1) is 11.6 Å². The zero-order chi connectivity index (χ0) is 15.0. The first-order chi connectivity index (χ1) is 10.0. The van der Waals surface area contributed by atoms with Crippen LogP contribution >= 0.6 is 39.1 Å². The predicted octanol–water partition coefficient (Wildman–Crippen LogP) is 5.59. The van der Waals surface area contributed by atoms with Gasteiger partial charge in [-0.25, -0.2) is 0 Å². The largest absolute Gasteiger partial charge is 0.340 e. The predicted molar refractivity (Wildman–Crippen MR) is 90.4 cm³/mol. The molecule has 2 nitrogen and oxygen atoms in total. The van der Waals surface area contributed by atoms with Crippen LogP contribution in [-0.2, 0) is 6.54 Å². The summed E-state index contributed by atoms with van der Waals surface area (Å²) in [6.07, 6.45) is 1.90. The summed E-state index contributed by atoms with van der Waals surface area (Å²) in [4.78, 5) is 12.4. The Bertz CT molecular complexity index is 841. The van der Waals surface area contributed by atoms with Crippen molar-refractivity contribution in [3.05, 3.63) is 68.7 Å². The maximum Gasteiger partial charge on any atom is 0.183 e. The van der Waals surface area contributed by atoms with Crippen LogP contribution < -0.4 is 0 Å². The van der Waals surface area contributed by atoms with Gasteiger partial charge in [0.25, 0.3) is 0 Å². The van der Waals surface area contributed by atoms with Crippen molar-refractivity contribution < 1.29 is 4.79 Å². The number of nitrogens with zero attached hydrogens (tertiary/aromatic N) is 1. The summed E-state index contributed by atoms with van der Waals surface area (Å²) in [5, 5.41) is 1.99. The molecule has 1 heterocycles. The third kappa shape index (κ3) is 3.00. The van der Waals surface area contributed by atoms with Gasteiger partial charge in [0.15, 0.2) is 5.78 Å². The van der Waals surface area contributed by atoms with E-state index in [9.17, 15) is 4.79 Å². The minimum absolute atomic E-state index is 0.0444. The number of halogens is 3. The minimum Gasteiger partial charge on any atom is -0.340 e. The van der Waals surface area contributed by atoms with E-state index >= 15 is 0 Å². The molecule has 0 amide bonds. The number of Topliss-reactive ketones (excluding diaryl/α,β-unsaturated/α-hetero) is 1. The van der Waals surface area contributed by atoms with E-state index in [1.165, 1.54) is 0 Å². The number of aromatic nitrogens is 1. The van der Waals surface area contributed by atoms with Crippen molar-refractivity contribution in [2.75, 3.05) is 0 Å². The van der Waals surface area contributed by atoms with E-state index < -0.39 is 0 Å². The molecule has 0 aliphatic carbocycles. The summed E-state index contributed by atoms with van der Waals surface area (Å²) in [6.45, 7) is 0.243. The zero-order valence-electron chi connectivity index (χ0n) is 10.8. The van der Waals surface area contributed by atoms with Gasteiger partial charge in [0.1, 0.15) is 0 Å². The highest BCUT2D eigenvalue weighted by Gasteiger charge is 2.12. The number of benzene rings is 2. The van der Waals surface area contributed by atoms with E-state index in [2.05, 4.69) is 15.9 Å². The lowest BCUT2D eigenvalue weighted by molar-refractivity contribution is 0.0974. The van der Waals surface area contributed by atoms with Gasteiger partial charge in [-0.05, 0) is 42.5 Å². The molecule has 0 N–H and O–H groups in total. The lowest BCUT2D eigenvalue weighted by Gasteiger charge is -2.07. The van der Waals surface area contributed by atoms with Gasteiger partial charge in [0.2, 0.25) is 0 Å². The Hall–Kier alpha value is -1.29. The standard InChI is InChI=1S/C16H10BrCl2NO/c17-11-1-4-15-10(7-11)5-6-20(15)9-16(21)13-3-2-12(18)8-14(13)19/h1-8H,9H2. The number of hydrogen-bond acceptors (Lipinski definition) is 1. The van der Waals surface area contributed by atoms with Crippen LogP contribution in [0.25, 0.3) is 10.9 Å². The van der Waals surface area contributed by atoms with Crippen LogP contribution in [0, 0.1) is 0 Å². The Morgan fingerprint density at radius 1 is 1.10 bits per heavy atom. The van der Waals surface area contributed by atoms with Crippen LogP contribution in [0.15, 0.2) is 53.1 Å². The Morgan fingerprint density at radius 3 is 2.67 bits per heavy atom. The second-order valence-corrected chi connectivity index (χ2v) is 6.45. The number of fused-ring (bicyclic) bond motifs is 1. The van der Waals surface area contributed by atoms with E-state index in [0.717, 1.165) is 15.4 Å². The smallest absolute Gasteiger partial charge is 0.183 e. The summed E-state index contributed by atoms with van der Waals surface area (Å²) in [6, 6.07) is 12.9. The van der Waals surface area contributed by atoms with E-state index in [1.807, 2.05) is 35.0 Å². The molecular formula is C16H10BrCl2NO. The third-order valence-corrected chi connectivity index (χ3v) is 4.32. The maximum atomic E-state index is 12.4. The van der Waals surface area contributed by atoms with Crippen LogP contribution in [-0.4, -0.2) is 10.4 Å². The van der Waals surface area contributed by atoms with Crippen molar-refractivity contribution in [2.45, 2.75) is 6.54 Å². The van der Waals surface area contributed by atoms with Gasteiger partial charge < -0.3 is 4.57 Å². The number of carbonyl (C=O) groups is 1. The normalized spacial score (nSPS) is 11.0. The molecule has 0 bridgehead atoms. The molecular weight excluding hydrogens is 373 g/mol. The topological polar surface area (TPSA) is 22.0 Å². The van der Waals surface area contributed by atoms with Crippen molar-refractivity contribution >= 4 is 55.8 Å². The SMILES string of the molecule is O=C(Cn1ccc2cc(Br)ccc21)c1ccc(Cl)cc1Cl. The number of rotatable bonds is 3. The van der Waals surface area contributed by atoms with Gasteiger partial charge in [-0.2, -0.15) is 0 Å². The molecule has 0 spiro atoms. The zero-order valence-corrected chi connectivity index (χ0v) is 13.9. The highest BCUT2D eigenvalue weighted by atomic mass is 79.9. The molecule has 21 heavy (non-hydrogen) atoms. The molecule has 2 aromatic carbocycles. The fourth-order valence-corrected chi connectivity index (χ4v) is 3.16. The molecule has 0 saturated heterocycles. The molecule has 0 aliphatic rings. The van der Waals surface area contributed by atoms with Crippen LogP contribution in [0.4, 0.5) is 0 Å². The van der Waals surface area contributed by atoms with Crippen molar-refractivity contribution in [1.82, 2.24) is 4.57 Å². The Morgan fingerprint density at radius 2 is 1.90 bits per heavy atom. The van der Waals surface area contributed by atoms with Gasteiger partial charge in [0, 0.05) is 32.2 Å². The van der Waals surface area contributed by atoms with E-state index in [1.54, 1.807) is 18.2 Å². The van der Waals surface area contributed by atoms with E-state index in [-0.39, 0.29) is 12.3 Å². The summed E-state index contributed by atoms with van der Waals surface area (Å²) >= 11 is 15.4. The number of carbonyl (C=O) groups excluding carboxylic acids is 1. The average Bonchev–Trinajstić information content (AvgIpc) is 2.80. The molecule has 106 valence electrons. The van der Waals surface area contributed by atoms with Gasteiger partial charge in [-0.1, -0.05) is 39.1 Å². The molecule has 0 unspecified atom stereocenters. The monoisotopic (exact) mass is 381 g/mol. The molecule has 3 aromatic rings. The number of hydrogen-bond donors (Lipinski definition) is 0. The summed E-state index contributed by atoms with van der Waals surface area (Å²) in [5.74, 6) is -0.0444. The first kappa shape index (κ1) is 14.6. The molecule has 0 radical (unpaired) electrons. The summed E-state index contributed by atoms with van der Waals surface area (Å²) in [5.41, 5.74) is 1.50. The minimum atomic E-state index is -0.0444. The second-order valence-electron chi connectivity index (χ2n) is 4.69. The number of ketones is 1. The fourth-order valence-electron chi connectivity index (χ4n) is 2.26. The van der Waals surface area contributed by atoms with Crippen molar-refractivity contribution in [1.29, 1.82) is 0 Å². The van der Waals surface area contributed by atoms with E-state index in [4.69, 9.17) is 23.2 Å². The maximum absolute atomic E-state index is 12.4. The summed E-state index contributed by atoms with van der Waals surface area (Å²) < 4.78 is 2.93. The first-order valence-corrected chi connectivity index (χ1v) is 7.82. The van der Waals surface area contributed by atoms with Crippen LogP contribution in [0.1, 0.15) is 10.4 Å². The Labute approximate surface area is 140 Å². The third-order valence-electron chi connectivity index (χ3n) is 3.28. The second kappa shape index (κ2) is 5.84. The molecule has 0 aliphatic heterocycles. The molecule has 3 rings (SSSR count). The van der Waals surface area contributed by atoms with Gasteiger partial charge >= 0.3 is 0 Å². The molecule has 5 heteroatoms. The molecule has 1 aromatic heterocycles. The van der Waals surface area contributed by atoms with E-state index in [0.29, 0.717) is 15.6 Å². The Balaban J connectivity index is 1.93. The highest BCUT2D eigenvalue weighted by molar-refractivity contribution is 9.10. The van der Waals surface area contributed by atoms with Crippen LogP contribution in [0.3, 0.4) is 0 Å². The van der Waals surface area contributed by atoms with Crippen molar-refractivity contribution in [2.24, 2.45) is 0 Å². The average molecular weight is 383 g/mol. The van der Waals surface area contributed by atoms with Crippen LogP contribution in [0.2, 0.25) is 10.0 Å². The molecule has 0 saturated carbocycles.